The third-order valence-electron chi connectivity index (χ3n) is 3.10. The Hall–Kier alpha value is -1.33. The molecule has 22 heavy (non-hydrogen) atoms. The standard InChI is InChI=1S/C17H16Br2O3/c1-10-4-5-11(2)15(6-10)22-16(20)9-21-17-12(3)7-13(18)8-14(17)19/h4-8H,9H2,1-3H3. The average molecular weight is 428 g/mol. The van der Waals surface area contributed by atoms with Gasteiger partial charge in [0.25, 0.3) is 0 Å². The van der Waals surface area contributed by atoms with Gasteiger partial charge in [-0.15, -0.1) is 0 Å². The maximum atomic E-state index is 12.0. The van der Waals surface area contributed by atoms with Crippen LogP contribution >= 0.6 is 31.9 Å². The van der Waals surface area contributed by atoms with E-state index in [0.717, 1.165) is 25.6 Å². The first-order chi connectivity index (χ1) is 10.4. The Morgan fingerprint density at radius 2 is 1.77 bits per heavy atom. The highest BCUT2D eigenvalue weighted by Gasteiger charge is 2.12. The molecule has 0 heterocycles. The number of ether oxygens (including phenoxy) is 2. The van der Waals surface area contributed by atoms with Gasteiger partial charge in [-0.25, -0.2) is 4.79 Å². The van der Waals surface area contributed by atoms with Crippen molar-refractivity contribution in [2.45, 2.75) is 20.8 Å². The molecule has 0 saturated heterocycles. The molecule has 0 radical (unpaired) electrons. The summed E-state index contributed by atoms with van der Waals surface area (Å²) in [5.41, 5.74) is 2.89. The zero-order valence-corrected chi connectivity index (χ0v) is 15.7. The molecule has 0 atom stereocenters. The lowest BCUT2D eigenvalue weighted by atomic mass is 10.1. The van der Waals surface area contributed by atoms with E-state index in [9.17, 15) is 4.79 Å². The number of hydrogen-bond acceptors (Lipinski definition) is 3. The fourth-order valence-electron chi connectivity index (χ4n) is 1.97. The second-order valence-electron chi connectivity index (χ2n) is 5.07. The summed E-state index contributed by atoms with van der Waals surface area (Å²) < 4.78 is 12.7. The molecule has 2 aromatic carbocycles. The van der Waals surface area contributed by atoms with Crippen molar-refractivity contribution in [3.05, 3.63) is 56.0 Å². The maximum absolute atomic E-state index is 12.0. The van der Waals surface area contributed by atoms with E-state index in [1.54, 1.807) is 0 Å². The zero-order valence-electron chi connectivity index (χ0n) is 12.6. The molecule has 3 nitrogen and oxygen atoms in total. The highest BCUT2D eigenvalue weighted by Crippen LogP contribution is 2.32. The van der Waals surface area contributed by atoms with Gasteiger partial charge in [0.1, 0.15) is 11.5 Å². The van der Waals surface area contributed by atoms with Crippen LogP contribution in [0.3, 0.4) is 0 Å². The normalized spacial score (nSPS) is 10.4. The molecule has 0 saturated carbocycles. The van der Waals surface area contributed by atoms with E-state index < -0.39 is 5.97 Å². The smallest absolute Gasteiger partial charge is 0.349 e. The van der Waals surface area contributed by atoms with Gasteiger partial charge in [-0.05, 0) is 71.6 Å². The van der Waals surface area contributed by atoms with Crippen LogP contribution in [-0.4, -0.2) is 12.6 Å². The Labute approximate surface area is 146 Å². The summed E-state index contributed by atoms with van der Waals surface area (Å²) >= 11 is 6.84. The SMILES string of the molecule is Cc1ccc(C)c(OC(=O)COc2c(C)cc(Br)cc2Br)c1. The number of halogens is 2. The Kier molecular flexibility index (Phi) is 5.64. The Morgan fingerprint density at radius 1 is 1.05 bits per heavy atom. The van der Waals surface area contributed by atoms with Crippen LogP contribution < -0.4 is 9.47 Å². The third-order valence-corrected chi connectivity index (χ3v) is 4.14. The molecule has 0 amide bonds. The monoisotopic (exact) mass is 426 g/mol. The van der Waals surface area contributed by atoms with Crippen molar-refractivity contribution in [1.82, 2.24) is 0 Å². The second kappa shape index (κ2) is 7.29. The minimum Gasteiger partial charge on any atom is -0.480 e. The molecule has 0 aromatic heterocycles. The van der Waals surface area contributed by atoms with Gasteiger partial charge in [-0.2, -0.15) is 0 Å². The predicted molar refractivity (Wildman–Crippen MR) is 93.6 cm³/mol. The van der Waals surface area contributed by atoms with Crippen LogP contribution in [0.5, 0.6) is 11.5 Å². The Morgan fingerprint density at radius 3 is 2.45 bits per heavy atom. The van der Waals surface area contributed by atoms with E-state index >= 15 is 0 Å². The average Bonchev–Trinajstić information content (AvgIpc) is 2.41. The number of aryl methyl sites for hydroxylation is 3. The Balaban J connectivity index is 2.03. The van der Waals surface area contributed by atoms with Crippen LogP contribution in [0, 0.1) is 20.8 Å². The first-order valence-electron chi connectivity index (χ1n) is 6.73. The van der Waals surface area contributed by atoms with E-state index in [2.05, 4.69) is 31.9 Å². The lowest BCUT2D eigenvalue weighted by Crippen LogP contribution is -2.18. The van der Waals surface area contributed by atoms with Crippen molar-refractivity contribution in [3.63, 3.8) is 0 Å². The van der Waals surface area contributed by atoms with E-state index in [1.165, 1.54) is 0 Å². The van der Waals surface area contributed by atoms with E-state index in [1.807, 2.05) is 51.1 Å². The summed E-state index contributed by atoms with van der Waals surface area (Å²) in [5.74, 6) is 0.782. The summed E-state index contributed by atoms with van der Waals surface area (Å²) in [4.78, 5) is 12.0. The third kappa shape index (κ3) is 4.34. The summed E-state index contributed by atoms with van der Waals surface area (Å²) in [6, 6.07) is 9.54. The van der Waals surface area contributed by atoms with Crippen molar-refractivity contribution in [1.29, 1.82) is 0 Å². The summed E-state index contributed by atoms with van der Waals surface area (Å²) in [5, 5.41) is 0. The van der Waals surface area contributed by atoms with Crippen molar-refractivity contribution >= 4 is 37.8 Å². The molecule has 0 aliphatic heterocycles. The van der Waals surface area contributed by atoms with Gasteiger partial charge in [0.2, 0.25) is 0 Å². The fraction of sp³-hybridized carbons (Fsp3) is 0.235. The molecule has 0 spiro atoms. The van der Waals surface area contributed by atoms with E-state index in [4.69, 9.17) is 9.47 Å². The number of esters is 1. The van der Waals surface area contributed by atoms with Gasteiger partial charge in [-0.1, -0.05) is 28.1 Å². The summed E-state index contributed by atoms with van der Waals surface area (Å²) in [6.45, 7) is 5.63. The highest BCUT2D eigenvalue weighted by molar-refractivity contribution is 9.11. The number of benzene rings is 2. The van der Waals surface area contributed by atoms with Crippen molar-refractivity contribution in [3.8, 4) is 11.5 Å². The first-order valence-corrected chi connectivity index (χ1v) is 8.32. The number of rotatable bonds is 4. The predicted octanol–water partition coefficient (Wildman–Crippen LogP) is 5.12. The molecule has 116 valence electrons. The molecule has 0 unspecified atom stereocenters. The molecule has 0 N–H and O–H groups in total. The molecule has 0 fully saturated rings. The highest BCUT2D eigenvalue weighted by atomic mass is 79.9. The van der Waals surface area contributed by atoms with Crippen LogP contribution in [0.25, 0.3) is 0 Å². The number of carbonyl (C=O) groups is 1. The van der Waals surface area contributed by atoms with Gasteiger partial charge in [-0.3, -0.25) is 0 Å². The maximum Gasteiger partial charge on any atom is 0.349 e. The topological polar surface area (TPSA) is 35.5 Å². The minimum atomic E-state index is -0.428. The molecule has 0 aliphatic rings. The lowest BCUT2D eigenvalue weighted by Gasteiger charge is -2.12. The van der Waals surface area contributed by atoms with Crippen molar-refractivity contribution in [2.75, 3.05) is 6.61 Å². The van der Waals surface area contributed by atoms with Gasteiger partial charge < -0.3 is 9.47 Å². The summed E-state index contributed by atoms with van der Waals surface area (Å²) in [7, 11) is 0. The first kappa shape index (κ1) is 17.0. The molecule has 0 aliphatic carbocycles. The molecule has 2 rings (SSSR count). The quantitative estimate of drug-likeness (QED) is 0.501. The largest absolute Gasteiger partial charge is 0.480 e. The van der Waals surface area contributed by atoms with Crippen molar-refractivity contribution in [2.24, 2.45) is 0 Å². The summed E-state index contributed by atoms with van der Waals surface area (Å²) in [6.07, 6.45) is 0. The van der Waals surface area contributed by atoms with Crippen LogP contribution in [0.4, 0.5) is 0 Å². The molecular formula is C17H16Br2O3. The molecule has 5 heteroatoms. The van der Waals surface area contributed by atoms with Gasteiger partial charge in [0.15, 0.2) is 6.61 Å². The van der Waals surface area contributed by atoms with Gasteiger partial charge in [0.05, 0.1) is 4.47 Å². The van der Waals surface area contributed by atoms with E-state index in [-0.39, 0.29) is 6.61 Å². The molecule has 0 bridgehead atoms. The zero-order chi connectivity index (χ0) is 16.3. The van der Waals surface area contributed by atoms with Crippen LogP contribution in [0.15, 0.2) is 39.3 Å². The fourth-order valence-corrected chi connectivity index (χ4v) is 3.53. The van der Waals surface area contributed by atoms with Gasteiger partial charge >= 0.3 is 5.97 Å². The van der Waals surface area contributed by atoms with Gasteiger partial charge in [0, 0.05) is 4.47 Å². The molecular weight excluding hydrogens is 412 g/mol. The minimum absolute atomic E-state index is 0.144. The Bertz CT molecular complexity index is 688. The van der Waals surface area contributed by atoms with Crippen LogP contribution in [-0.2, 0) is 4.79 Å². The van der Waals surface area contributed by atoms with Crippen LogP contribution in [0.2, 0.25) is 0 Å². The number of carbonyl (C=O) groups excluding carboxylic acids is 1. The molecule has 2 aromatic rings. The number of hydrogen-bond donors (Lipinski definition) is 0. The second-order valence-corrected chi connectivity index (χ2v) is 6.84. The van der Waals surface area contributed by atoms with Crippen molar-refractivity contribution < 1.29 is 14.3 Å². The lowest BCUT2D eigenvalue weighted by molar-refractivity contribution is -0.136. The van der Waals surface area contributed by atoms with E-state index in [0.29, 0.717) is 11.5 Å². The van der Waals surface area contributed by atoms with Crippen LogP contribution in [0.1, 0.15) is 16.7 Å².